The van der Waals surface area contributed by atoms with E-state index in [0.717, 1.165) is 12.0 Å². The van der Waals surface area contributed by atoms with Gasteiger partial charge in [-0.15, -0.1) is 12.4 Å². The molecule has 0 bridgehead atoms. The van der Waals surface area contributed by atoms with E-state index in [4.69, 9.17) is 19.9 Å². The average molecular weight is 359 g/mol. The molecule has 1 aliphatic heterocycles. The summed E-state index contributed by atoms with van der Waals surface area (Å²) in [6.45, 7) is 4.16. The smallest absolute Gasteiger partial charge is 0.240 e. The van der Waals surface area contributed by atoms with E-state index < -0.39 is 5.54 Å². The van der Waals surface area contributed by atoms with E-state index in [9.17, 15) is 4.79 Å². The van der Waals surface area contributed by atoms with Crippen LogP contribution in [0.3, 0.4) is 0 Å². The average Bonchev–Trinajstić information content (AvgIpc) is 2.58. The second kappa shape index (κ2) is 9.71. The summed E-state index contributed by atoms with van der Waals surface area (Å²) in [6.07, 6.45) is 2.03. The van der Waals surface area contributed by atoms with Gasteiger partial charge in [0.1, 0.15) is 0 Å². The molecule has 24 heavy (non-hydrogen) atoms. The van der Waals surface area contributed by atoms with Crippen molar-refractivity contribution in [2.75, 3.05) is 26.9 Å². The van der Waals surface area contributed by atoms with Crippen LogP contribution in [0.1, 0.15) is 31.7 Å². The highest BCUT2D eigenvalue weighted by Gasteiger charge is 2.35. The minimum Gasteiger partial charge on any atom is -0.493 e. The van der Waals surface area contributed by atoms with Crippen molar-refractivity contribution in [1.29, 1.82) is 0 Å². The van der Waals surface area contributed by atoms with Gasteiger partial charge >= 0.3 is 0 Å². The number of carbonyl (C=O) groups excluding carboxylic acids is 1. The minimum absolute atomic E-state index is 0. The normalized spacial score (nSPS) is 16.0. The second-order valence-electron chi connectivity index (χ2n) is 5.78. The molecule has 1 saturated heterocycles. The monoisotopic (exact) mass is 358 g/mol. The number of ether oxygens (including phenoxy) is 3. The summed E-state index contributed by atoms with van der Waals surface area (Å²) >= 11 is 0. The zero-order valence-electron chi connectivity index (χ0n) is 14.3. The number of carbonyl (C=O) groups is 1. The molecule has 0 atom stereocenters. The fraction of sp³-hybridized carbons (Fsp3) is 0.588. The number of amides is 1. The van der Waals surface area contributed by atoms with Crippen LogP contribution in [0.15, 0.2) is 18.2 Å². The van der Waals surface area contributed by atoms with Gasteiger partial charge in [0.15, 0.2) is 11.5 Å². The Kier molecular flexibility index (Phi) is 8.31. The maximum absolute atomic E-state index is 12.3. The molecule has 0 saturated carbocycles. The van der Waals surface area contributed by atoms with Crippen molar-refractivity contribution in [1.82, 2.24) is 5.32 Å². The number of benzene rings is 1. The van der Waals surface area contributed by atoms with Crippen molar-refractivity contribution >= 4 is 18.3 Å². The molecular weight excluding hydrogens is 332 g/mol. The van der Waals surface area contributed by atoms with Crippen molar-refractivity contribution in [2.24, 2.45) is 5.73 Å². The predicted octanol–water partition coefficient (Wildman–Crippen LogP) is 2.03. The van der Waals surface area contributed by atoms with E-state index in [2.05, 4.69) is 12.2 Å². The molecule has 0 spiro atoms. The van der Waals surface area contributed by atoms with Gasteiger partial charge in [-0.05, 0) is 37.0 Å². The van der Waals surface area contributed by atoms with Crippen molar-refractivity contribution in [3.8, 4) is 11.5 Å². The second-order valence-corrected chi connectivity index (χ2v) is 5.78. The Morgan fingerprint density at radius 2 is 2.04 bits per heavy atom. The molecular formula is C17H27ClN2O4. The molecule has 7 heteroatoms. The maximum atomic E-state index is 12.3. The first-order valence-electron chi connectivity index (χ1n) is 8.03. The van der Waals surface area contributed by atoms with Crippen LogP contribution in [0.4, 0.5) is 0 Å². The van der Waals surface area contributed by atoms with E-state index >= 15 is 0 Å². The third kappa shape index (κ3) is 5.26. The van der Waals surface area contributed by atoms with Crippen molar-refractivity contribution in [3.05, 3.63) is 23.8 Å². The summed E-state index contributed by atoms with van der Waals surface area (Å²) in [5.41, 5.74) is 6.28. The van der Waals surface area contributed by atoms with E-state index in [1.54, 1.807) is 7.11 Å². The molecule has 0 aromatic heterocycles. The Balaban J connectivity index is 0.00000288. The van der Waals surface area contributed by atoms with Gasteiger partial charge in [-0.3, -0.25) is 4.79 Å². The van der Waals surface area contributed by atoms with Gasteiger partial charge < -0.3 is 25.3 Å². The summed E-state index contributed by atoms with van der Waals surface area (Å²) in [6, 6.07) is 5.65. The van der Waals surface area contributed by atoms with Crippen LogP contribution in [0, 0.1) is 0 Å². The van der Waals surface area contributed by atoms with Gasteiger partial charge in [-0.25, -0.2) is 0 Å². The van der Waals surface area contributed by atoms with Gasteiger partial charge in [-0.2, -0.15) is 0 Å². The lowest BCUT2D eigenvalue weighted by molar-refractivity contribution is -0.129. The Morgan fingerprint density at radius 3 is 2.67 bits per heavy atom. The Morgan fingerprint density at radius 1 is 1.33 bits per heavy atom. The fourth-order valence-electron chi connectivity index (χ4n) is 2.47. The molecule has 3 N–H and O–H groups in total. The molecule has 2 rings (SSSR count). The number of hydrogen-bond donors (Lipinski definition) is 2. The van der Waals surface area contributed by atoms with Gasteiger partial charge in [0, 0.05) is 19.8 Å². The highest BCUT2D eigenvalue weighted by molar-refractivity contribution is 5.86. The van der Waals surface area contributed by atoms with Crippen LogP contribution >= 0.6 is 12.4 Å². The molecule has 1 heterocycles. The van der Waals surface area contributed by atoms with Crippen LogP contribution in [0.5, 0.6) is 11.5 Å². The van der Waals surface area contributed by atoms with Crippen LogP contribution in [-0.4, -0.2) is 38.4 Å². The van der Waals surface area contributed by atoms with E-state index in [-0.39, 0.29) is 18.3 Å². The van der Waals surface area contributed by atoms with Crippen LogP contribution in [-0.2, 0) is 16.1 Å². The zero-order chi connectivity index (χ0) is 16.7. The largest absolute Gasteiger partial charge is 0.493 e. The van der Waals surface area contributed by atoms with E-state index in [1.807, 2.05) is 18.2 Å². The molecule has 1 aromatic carbocycles. The number of methoxy groups -OCH3 is 1. The molecule has 0 radical (unpaired) electrons. The molecule has 1 amide bonds. The van der Waals surface area contributed by atoms with Crippen LogP contribution in [0.25, 0.3) is 0 Å². The first-order chi connectivity index (χ1) is 11.1. The lowest BCUT2D eigenvalue weighted by Crippen LogP contribution is -2.56. The summed E-state index contributed by atoms with van der Waals surface area (Å²) in [4.78, 5) is 12.3. The molecule has 0 unspecified atom stereocenters. The lowest BCUT2D eigenvalue weighted by Gasteiger charge is -2.31. The van der Waals surface area contributed by atoms with Crippen LogP contribution < -0.4 is 20.5 Å². The molecule has 1 fully saturated rings. The van der Waals surface area contributed by atoms with Gasteiger partial charge in [0.25, 0.3) is 0 Å². The van der Waals surface area contributed by atoms with Gasteiger partial charge in [0.05, 0.1) is 19.3 Å². The predicted molar refractivity (Wildman–Crippen MR) is 94.8 cm³/mol. The van der Waals surface area contributed by atoms with Crippen molar-refractivity contribution in [3.63, 3.8) is 0 Å². The Labute approximate surface area is 149 Å². The summed E-state index contributed by atoms with van der Waals surface area (Å²) in [5, 5.41) is 2.91. The number of halogens is 1. The Hall–Kier alpha value is -1.50. The third-order valence-corrected chi connectivity index (χ3v) is 3.98. The Bertz CT molecular complexity index is 533. The molecule has 136 valence electrons. The number of rotatable bonds is 7. The minimum atomic E-state index is -0.827. The van der Waals surface area contributed by atoms with E-state index in [1.165, 1.54) is 0 Å². The zero-order valence-corrected chi connectivity index (χ0v) is 15.1. The highest BCUT2D eigenvalue weighted by atomic mass is 35.5. The van der Waals surface area contributed by atoms with Crippen molar-refractivity contribution < 1.29 is 19.0 Å². The summed E-state index contributed by atoms with van der Waals surface area (Å²) in [5.74, 6) is 1.24. The molecule has 6 nitrogen and oxygen atoms in total. The third-order valence-electron chi connectivity index (χ3n) is 3.98. The number of nitrogens with two attached hydrogens (primary N) is 1. The fourth-order valence-corrected chi connectivity index (χ4v) is 2.47. The topological polar surface area (TPSA) is 82.8 Å². The quantitative estimate of drug-likeness (QED) is 0.779. The van der Waals surface area contributed by atoms with Gasteiger partial charge in [0.2, 0.25) is 5.91 Å². The van der Waals surface area contributed by atoms with Crippen molar-refractivity contribution in [2.45, 2.75) is 38.3 Å². The van der Waals surface area contributed by atoms with E-state index in [0.29, 0.717) is 50.7 Å². The maximum Gasteiger partial charge on any atom is 0.240 e. The molecule has 1 aromatic rings. The SMILES string of the molecule is CCCOc1ccc(CNC(=O)C2(N)CCOCC2)cc1OC.Cl. The van der Waals surface area contributed by atoms with Gasteiger partial charge in [-0.1, -0.05) is 13.0 Å². The summed E-state index contributed by atoms with van der Waals surface area (Å²) < 4.78 is 16.2. The number of nitrogens with one attached hydrogen (secondary N) is 1. The van der Waals surface area contributed by atoms with Crippen LogP contribution in [0.2, 0.25) is 0 Å². The summed E-state index contributed by atoms with van der Waals surface area (Å²) in [7, 11) is 1.60. The first-order valence-corrected chi connectivity index (χ1v) is 8.03. The molecule has 0 aliphatic carbocycles. The standard InChI is InChI=1S/C17H26N2O4.ClH/c1-3-8-23-14-5-4-13(11-15(14)21-2)12-19-16(20)17(18)6-9-22-10-7-17;/h4-5,11H,3,6-10,12,18H2,1-2H3,(H,19,20);1H. The molecule has 1 aliphatic rings. The first kappa shape index (κ1) is 20.5. The lowest BCUT2D eigenvalue weighted by atomic mass is 9.90. The highest BCUT2D eigenvalue weighted by Crippen LogP contribution is 2.28. The number of hydrogen-bond acceptors (Lipinski definition) is 5.